The summed E-state index contributed by atoms with van der Waals surface area (Å²) < 4.78 is 0. The van der Waals surface area contributed by atoms with Crippen molar-refractivity contribution in [3.8, 4) is 11.8 Å². The van der Waals surface area contributed by atoms with Gasteiger partial charge in [-0.2, -0.15) is 0 Å². The molecule has 146 valence electrons. The van der Waals surface area contributed by atoms with Crippen molar-refractivity contribution in [3.63, 3.8) is 0 Å². The number of carbonyl (C=O) groups is 1. The molecule has 0 aliphatic rings. The molecule has 0 amide bonds. The minimum Gasteiger partial charge on any atom is -0.289 e. The van der Waals surface area contributed by atoms with Gasteiger partial charge in [0.1, 0.15) is 0 Å². The number of hydrogen-bond acceptors (Lipinski definition) is 1. The zero-order valence-corrected chi connectivity index (χ0v) is 17.2. The first-order valence-electron chi connectivity index (χ1n) is 10.3. The summed E-state index contributed by atoms with van der Waals surface area (Å²) in [7, 11) is 0. The standard InChI is InChI=1S/C30H20O/c1-21-25-11-5-7-13-27(25)29(28-14-8-6-12-26(21)28)20-17-22-15-18-24(19-16-22)30(31)23-9-3-2-4-10-23/h2-16,18-19H,1H3. The highest BCUT2D eigenvalue weighted by Crippen LogP contribution is 2.31. The first-order chi connectivity index (χ1) is 15.2. The fourth-order valence-electron chi connectivity index (χ4n) is 4.08. The normalized spacial score (nSPS) is 10.6. The first kappa shape index (κ1) is 18.9. The summed E-state index contributed by atoms with van der Waals surface area (Å²) in [4.78, 5) is 12.6. The van der Waals surface area contributed by atoms with Crippen molar-refractivity contribution in [1.29, 1.82) is 0 Å². The summed E-state index contributed by atoms with van der Waals surface area (Å²) >= 11 is 0. The van der Waals surface area contributed by atoms with Crippen LogP contribution < -0.4 is 0 Å². The van der Waals surface area contributed by atoms with Crippen LogP contribution in [0, 0.1) is 18.8 Å². The zero-order valence-electron chi connectivity index (χ0n) is 17.2. The van der Waals surface area contributed by atoms with Gasteiger partial charge in [0, 0.05) is 22.3 Å². The number of fused-ring (bicyclic) bond motifs is 2. The lowest BCUT2D eigenvalue weighted by atomic mass is 9.92. The van der Waals surface area contributed by atoms with Gasteiger partial charge in [0.25, 0.3) is 0 Å². The van der Waals surface area contributed by atoms with Gasteiger partial charge in [-0.05, 0) is 58.3 Å². The quantitative estimate of drug-likeness (QED) is 0.180. The van der Waals surface area contributed by atoms with Crippen molar-refractivity contribution in [1.82, 2.24) is 0 Å². The summed E-state index contributed by atoms with van der Waals surface area (Å²) in [6, 6.07) is 33.7. The average Bonchev–Trinajstić information content (AvgIpc) is 2.84. The average molecular weight is 396 g/mol. The topological polar surface area (TPSA) is 17.1 Å². The minimum atomic E-state index is 0.0237. The van der Waals surface area contributed by atoms with Crippen LogP contribution >= 0.6 is 0 Å². The highest BCUT2D eigenvalue weighted by molar-refractivity contribution is 6.09. The maximum Gasteiger partial charge on any atom is 0.193 e. The van der Waals surface area contributed by atoms with Crippen molar-refractivity contribution in [2.24, 2.45) is 0 Å². The van der Waals surface area contributed by atoms with Crippen molar-refractivity contribution in [2.45, 2.75) is 6.92 Å². The summed E-state index contributed by atoms with van der Waals surface area (Å²) in [5, 5.41) is 4.80. The van der Waals surface area contributed by atoms with Gasteiger partial charge < -0.3 is 0 Å². The minimum absolute atomic E-state index is 0.0237. The molecule has 0 aliphatic heterocycles. The Balaban J connectivity index is 1.56. The number of ketones is 1. The predicted octanol–water partition coefficient (Wildman–Crippen LogP) is 6.93. The fourth-order valence-corrected chi connectivity index (χ4v) is 4.08. The molecule has 0 N–H and O–H groups in total. The van der Waals surface area contributed by atoms with E-state index in [4.69, 9.17) is 0 Å². The van der Waals surface area contributed by atoms with Crippen molar-refractivity contribution < 1.29 is 4.79 Å². The van der Waals surface area contributed by atoms with E-state index < -0.39 is 0 Å². The van der Waals surface area contributed by atoms with E-state index in [1.165, 1.54) is 27.1 Å². The van der Waals surface area contributed by atoms with Crippen molar-refractivity contribution in [3.05, 3.63) is 131 Å². The van der Waals surface area contributed by atoms with E-state index in [2.05, 4.69) is 67.3 Å². The van der Waals surface area contributed by atoms with Crippen LogP contribution in [0.2, 0.25) is 0 Å². The van der Waals surface area contributed by atoms with Crippen LogP contribution in [0.1, 0.15) is 32.6 Å². The molecule has 0 spiro atoms. The van der Waals surface area contributed by atoms with E-state index in [-0.39, 0.29) is 5.78 Å². The van der Waals surface area contributed by atoms with E-state index in [0.29, 0.717) is 11.1 Å². The Kier molecular flexibility index (Phi) is 4.83. The molecular weight excluding hydrogens is 376 g/mol. The molecule has 0 atom stereocenters. The maximum atomic E-state index is 12.6. The van der Waals surface area contributed by atoms with Crippen LogP contribution in [0.15, 0.2) is 103 Å². The maximum absolute atomic E-state index is 12.6. The van der Waals surface area contributed by atoms with Gasteiger partial charge in [-0.15, -0.1) is 0 Å². The Hall–Kier alpha value is -4.15. The lowest BCUT2D eigenvalue weighted by Crippen LogP contribution is -2.00. The SMILES string of the molecule is Cc1c2ccccc2c(C#Cc2ccc(C(=O)c3ccccc3)cc2)c2ccccc12. The highest BCUT2D eigenvalue weighted by Gasteiger charge is 2.10. The van der Waals surface area contributed by atoms with Gasteiger partial charge in [0.2, 0.25) is 0 Å². The number of aryl methyl sites for hydroxylation is 1. The van der Waals surface area contributed by atoms with Crippen molar-refractivity contribution in [2.75, 3.05) is 0 Å². The molecular formula is C30H20O. The first-order valence-corrected chi connectivity index (χ1v) is 10.3. The van der Waals surface area contributed by atoms with Gasteiger partial charge in [-0.3, -0.25) is 4.79 Å². The molecule has 31 heavy (non-hydrogen) atoms. The molecule has 5 aromatic carbocycles. The molecule has 0 saturated carbocycles. The number of carbonyl (C=O) groups excluding carboxylic acids is 1. The summed E-state index contributed by atoms with van der Waals surface area (Å²) in [6.07, 6.45) is 0. The summed E-state index contributed by atoms with van der Waals surface area (Å²) in [6.45, 7) is 2.17. The van der Waals surface area contributed by atoms with E-state index in [0.717, 1.165) is 11.1 Å². The third kappa shape index (κ3) is 3.50. The van der Waals surface area contributed by atoms with E-state index in [9.17, 15) is 4.79 Å². The smallest absolute Gasteiger partial charge is 0.193 e. The number of hydrogen-bond donors (Lipinski definition) is 0. The molecule has 1 heteroatoms. The lowest BCUT2D eigenvalue weighted by molar-refractivity contribution is 0.103. The Morgan fingerprint density at radius 2 is 1.03 bits per heavy atom. The second-order valence-electron chi connectivity index (χ2n) is 7.61. The molecule has 0 fully saturated rings. The molecule has 5 rings (SSSR count). The van der Waals surface area contributed by atoms with Crippen molar-refractivity contribution >= 4 is 27.3 Å². The molecule has 0 radical (unpaired) electrons. The Bertz CT molecular complexity index is 1420. The van der Waals surface area contributed by atoms with Gasteiger partial charge in [-0.25, -0.2) is 0 Å². The van der Waals surface area contributed by atoms with Gasteiger partial charge in [0.15, 0.2) is 5.78 Å². The van der Waals surface area contributed by atoms with Gasteiger partial charge in [-0.1, -0.05) is 90.7 Å². The summed E-state index contributed by atoms with van der Waals surface area (Å²) in [5.41, 5.74) is 4.57. The highest BCUT2D eigenvalue weighted by atomic mass is 16.1. The molecule has 0 bridgehead atoms. The van der Waals surface area contributed by atoms with E-state index in [1.807, 2.05) is 54.6 Å². The monoisotopic (exact) mass is 396 g/mol. The second-order valence-corrected chi connectivity index (χ2v) is 7.61. The second kappa shape index (κ2) is 7.94. The van der Waals surface area contributed by atoms with Crippen LogP contribution in [0.3, 0.4) is 0 Å². The Labute approximate surface area is 182 Å². The predicted molar refractivity (Wildman–Crippen MR) is 128 cm³/mol. The van der Waals surface area contributed by atoms with Crippen LogP contribution in [-0.4, -0.2) is 5.78 Å². The van der Waals surface area contributed by atoms with Crippen LogP contribution in [-0.2, 0) is 0 Å². The number of benzene rings is 5. The molecule has 5 aromatic rings. The fraction of sp³-hybridized carbons (Fsp3) is 0.0333. The van der Waals surface area contributed by atoms with E-state index in [1.54, 1.807) is 0 Å². The van der Waals surface area contributed by atoms with Crippen LogP contribution in [0.25, 0.3) is 21.5 Å². The van der Waals surface area contributed by atoms with Crippen LogP contribution in [0.4, 0.5) is 0 Å². The largest absolute Gasteiger partial charge is 0.289 e. The lowest BCUT2D eigenvalue weighted by Gasteiger charge is -2.11. The van der Waals surface area contributed by atoms with E-state index >= 15 is 0 Å². The molecule has 1 nitrogen and oxygen atoms in total. The molecule has 0 aliphatic carbocycles. The Morgan fingerprint density at radius 1 is 0.548 bits per heavy atom. The molecule has 0 heterocycles. The third-order valence-electron chi connectivity index (χ3n) is 5.72. The summed E-state index contributed by atoms with van der Waals surface area (Å²) in [5.74, 6) is 6.75. The molecule has 0 unspecified atom stereocenters. The zero-order chi connectivity index (χ0) is 21.2. The van der Waals surface area contributed by atoms with Crippen LogP contribution in [0.5, 0.6) is 0 Å². The third-order valence-corrected chi connectivity index (χ3v) is 5.72. The van der Waals surface area contributed by atoms with Gasteiger partial charge in [0.05, 0.1) is 0 Å². The Morgan fingerprint density at radius 3 is 1.61 bits per heavy atom. The molecule has 0 aromatic heterocycles. The molecule has 0 saturated heterocycles. The number of rotatable bonds is 2. The van der Waals surface area contributed by atoms with Gasteiger partial charge >= 0.3 is 0 Å².